The zero-order valence-electron chi connectivity index (χ0n) is 22.5. The maximum atomic E-state index is 13.0. The summed E-state index contributed by atoms with van der Waals surface area (Å²) in [5.41, 5.74) is 11.9. The summed E-state index contributed by atoms with van der Waals surface area (Å²) in [4.78, 5) is 17.4. The van der Waals surface area contributed by atoms with Gasteiger partial charge in [0.15, 0.2) is 0 Å². The van der Waals surface area contributed by atoms with Crippen LogP contribution in [0.3, 0.4) is 0 Å². The number of ether oxygens (including phenoxy) is 1. The van der Waals surface area contributed by atoms with Crippen molar-refractivity contribution in [1.82, 2.24) is 19.3 Å². The number of nitrogens with two attached hydrogens (primary N) is 1. The zero-order valence-corrected chi connectivity index (χ0v) is 22.5. The van der Waals surface area contributed by atoms with E-state index in [2.05, 4.69) is 74.3 Å². The van der Waals surface area contributed by atoms with Gasteiger partial charge in [0.25, 0.3) is 0 Å². The van der Waals surface area contributed by atoms with Gasteiger partial charge in [-0.3, -0.25) is 9.55 Å². The minimum atomic E-state index is -0.0480. The van der Waals surface area contributed by atoms with Crippen LogP contribution in [0.1, 0.15) is 56.6 Å². The molecule has 0 bridgehead atoms. The summed E-state index contributed by atoms with van der Waals surface area (Å²) in [5.74, 6) is 1.46. The summed E-state index contributed by atoms with van der Waals surface area (Å²) in [6, 6.07) is 18.7. The molecule has 0 saturated heterocycles. The van der Waals surface area contributed by atoms with Crippen molar-refractivity contribution < 1.29 is 4.74 Å². The molecule has 0 radical (unpaired) electrons. The Hall–Kier alpha value is -3.87. The van der Waals surface area contributed by atoms with Crippen LogP contribution in [0.25, 0.3) is 11.3 Å². The fourth-order valence-electron chi connectivity index (χ4n) is 4.45. The van der Waals surface area contributed by atoms with Crippen LogP contribution in [0.2, 0.25) is 0 Å². The van der Waals surface area contributed by atoms with E-state index in [1.54, 1.807) is 22.6 Å². The molecule has 0 spiro atoms. The molecule has 0 fully saturated rings. The number of nitrogens with zero attached hydrogens (tertiary/aromatic N) is 4. The number of anilines is 1. The first-order valence-corrected chi connectivity index (χ1v) is 12.8. The van der Waals surface area contributed by atoms with Crippen molar-refractivity contribution >= 4 is 5.69 Å². The average molecular weight is 500 g/mol. The number of pyridine rings is 1. The minimum Gasteiger partial charge on any atom is -0.494 e. The van der Waals surface area contributed by atoms with Gasteiger partial charge in [-0.15, -0.1) is 0 Å². The third-order valence-corrected chi connectivity index (χ3v) is 6.70. The van der Waals surface area contributed by atoms with Gasteiger partial charge < -0.3 is 10.5 Å². The predicted molar refractivity (Wildman–Crippen MR) is 149 cm³/mol. The molecule has 0 atom stereocenters. The second kappa shape index (κ2) is 11.0. The topological polar surface area (TPSA) is 88.0 Å². The molecule has 7 nitrogen and oxygen atoms in total. The van der Waals surface area contributed by atoms with Gasteiger partial charge in [0.2, 0.25) is 0 Å². The molecule has 2 N–H and O–H groups in total. The summed E-state index contributed by atoms with van der Waals surface area (Å²) >= 11 is 0. The van der Waals surface area contributed by atoms with Crippen LogP contribution in [-0.2, 0) is 31.3 Å². The first kappa shape index (κ1) is 26.2. The Bertz CT molecular complexity index is 1390. The van der Waals surface area contributed by atoms with Gasteiger partial charge in [0.1, 0.15) is 11.6 Å². The van der Waals surface area contributed by atoms with Crippen LogP contribution in [0.5, 0.6) is 5.75 Å². The number of methoxy groups -OCH3 is 1. The van der Waals surface area contributed by atoms with Crippen LogP contribution < -0.4 is 16.2 Å². The summed E-state index contributed by atoms with van der Waals surface area (Å²) in [6.07, 6.45) is 4.18. The quantitative estimate of drug-likeness (QED) is 0.340. The second-order valence-electron chi connectivity index (χ2n) is 10.4. The molecule has 0 aliphatic carbocycles. The minimum absolute atomic E-state index is 0.0480. The van der Waals surface area contributed by atoms with Crippen LogP contribution in [-0.4, -0.2) is 26.4 Å². The van der Waals surface area contributed by atoms with Crippen molar-refractivity contribution in [2.24, 2.45) is 0 Å². The Balaban J connectivity index is 1.40. The van der Waals surface area contributed by atoms with Gasteiger partial charge in [-0.25, -0.2) is 9.48 Å². The van der Waals surface area contributed by atoms with E-state index in [1.165, 1.54) is 11.1 Å². The third-order valence-electron chi connectivity index (χ3n) is 6.70. The maximum absolute atomic E-state index is 13.0. The smallest absolute Gasteiger partial charge is 0.346 e. The molecule has 7 heteroatoms. The van der Waals surface area contributed by atoms with Gasteiger partial charge >= 0.3 is 5.69 Å². The molecular weight excluding hydrogens is 462 g/mol. The molecule has 4 aromatic rings. The average Bonchev–Trinajstić information content (AvgIpc) is 3.18. The Morgan fingerprint density at radius 1 is 0.973 bits per heavy atom. The van der Waals surface area contributed by atoms with E-state index in [9.17, 15) is 4.79 Å². The van der Waals surface area contributed by atoms with Gasteiger partial charge in [0, 0.05) is 24.6 Å². The number of aromatic nitrogens is 4. The number of hydrogen-bond acceptors (Lipinski definition) is 5. The lowest BCUT2D eigenvalue weighted by molar-refractivity contribution is 0.416. The number of benzene rings is 2. The molecule has 0 aliphatic rings. The molecule has 4 rings (SSSR count). The van der Waals surface area contributed by atoms with E-state index < -0.39 is 0 Å². The summed E-state index contributed by atoms with van der Waals surface area (Å²) in [6.45, 7) is 9.69. The molecule has 2 aromatic heterocycles. The van der Waals surface area contributed by atoms with Gasteiger partial charge in [-0.1, -0.05) is 69.3 Å². The van der Waals surface area contributed by atoms with E-state index in [-0.39, 0.29) is 11.1 Å². The van der Waals surface area contributed by atoms with E-state index >= 15 is 0 Å². The Kier molecular flexibility index (Phi) is 7.81. The number of aryl methyl sites for hydroxylation is 2. The first-order valence-electron chi connectivity index (χ1n) is 12.8. The molecule has 2 aromatic carbocycles. The van der Waals surface area contributed by atoms with Crippen LogP contribution >= 0.6 is 0 Å². The molecule has 0 unspecified atom stereocenters. The number of hydrogen-bond donors (Lipinski definition) is 1. The first-order chi connectivity index (χ1) is 17.7. The highest BCUT2D eigenvalue weighted by atomic mass is 16.5. The normalized spacial score (nSPS) is 11.6. The highest BCUT2D eigenvalue weighted by molar-refractivity contribution is 5.65. The SMILES string of the molecule is CCn1c(CCCc2ccc(-c3cc(OC)c(N)cn3)cc2)nn(Cc2ccc(C(C)(C)C)cc2)c1=O. The molecule has 37 heavy (non-hydrogen) atoms. The van der Waals surface area contributed by atoms with E-state index in [0.717, 1.165) is 41.9 Å². The van der Waals surface area contributed by atoms with Gasteiger partial charge in [-0.2, -0.15) is 5.10 Å². The van der Waals surface area contributed by atoms with E-state index in [1.807, 2.05) is 13.0 Å². The maximum Gasteiger partial charge on any atom is 0.346 e. The highest BCUT2D eigenvalue weighted by Crippen LogP contribution is 2.27. The van der Waals surface area contributed by atoms with E-state index in [4.69, 9.17) is 15.6 Å². The fraction of sp³-hybridized carbons (Fsp3) is 0.367. The molecule has 2 heterocycles. The Morgan fingerprint density at radius 3 is 2.27 bits per heavy atom. The Morgan fingerprint density at radius 2 is 1.65 bits per heavy atom. The lowest BCUT2D eigenvalue weighted by Gasteiger charge is -2.19. The largest absolute Gasteiger partial charge is 0.494 e. The summed E-state index contributed by atoms with van der Waals surface area (Å²) < 4.78 is 8.68. The monoisotopic (exact) mass is 499 g/mol. The van der Waals surface area contributed by atoms with Crippen LogP contribution in [0.15, 0.2) is 65.6 Å². The van der Waals surface area contributed by atoms with Gasteiger partial charge in [-0.05, 0) is 41.9 Å². The number of nitrogen functional groups attached to an aromatic ring is 1. The molecule has 194 valence electrons. The van der Waals surface area contributed by atoms with Gasteiger partial charge in [0.05, 0.1) is 31.2 Å². The molecule has 0 aliphatic heterocycles. The highest BCUT2D eigenvalue weighted by Gasteiger charge is 2.15. The summed E-state index contributed by atoms with van der Waals surface area (Å²) in [7, 11) is 1.60. The summed E-state index contributed by atoms with van der Waals surface area (Å²) in [5, 5.41) is 4.69. The third kappa shape index (κ3) is 6.10. The van der Waals surface area contributed by atoms with Crippen molar-refractivity contribution in [1.29, 1.82) is 0 Å². The van der Waals surface area contributed by atoms with Crippen LogP contribution in [0.4, 0.5) is 5.69 Å². The van der Waals surface area contributed by atoms with Crippen molar-refractivity contribution in [3.63, 3.8) is 0 Å². The zero-order chi connectivity index (χ0) is 26.6. The Labute approximate surface area is 218 Å². The van der Waals surface area contributed by atoms with Crippen LogP contribution in [0, 0.1) is 0 Å². The second-order valence-corrected chi connectivity index (χ2v) is 10.4. The van der Waals surface area contributed by atoms with Crippen molar-refractivity contribution in [3.8, 4) is 17.0 Å². The molecular formula is C30H37N5O2. The van der Waals surface area contributed by atoms with E-state index in [0.29, 0.717) is 24.5 Å². The lowest BCUT2D eigenvalue weighted by Crippen LogP contribution is -2.25. The standard InChI is InChI=1S/C30H37N5O2/c1-6-34-28(33-35(29(34)36)20-22-12-16-24(17-13-22)30(2,3)4)9-7-8-21-10-14-23(15-11-21)26-18-27(37-5)25(31)19-32-26/h10-19H,6-9,20,31H2,1-5H3. The fourth-order valence-corrected chi connectivity index (χ4v) is 4.45. The molecule has 0 saturated carbocycles. The van der Waals surface area contributed by atoms with Crippen molar-refractivity contribution in [2.75, 3.05) is 12.8 Å². The lowest BCUT2D eigenvalue weighted by atomic mass is 9.87. The number of rotatable bonds is 9. The predicted octanol–water partition coefficient (Wildman–Crippen LogP) is 5.24. The molecule has 0 amide bonds. The van der Waals surface area contributed by atoms with Crippen molar-refractivity contribution in [2.45, 2.75) is 65.5 Å². The van der Waals surface area contributed by atoms with Crippen molar-refractivity contribution in [3.05, 3.63) is 93.8 Å².